The molecule has 3 aromatic heterocycles. The van der Waals surface area contributed by atoms with Crippen molar-refractivity contribution >= 4 is 35.8 Å². The molecule has 0 unspecified atom stereocenters. The van der Waals surface area contributed by atoms with Crippen LogP contribution in [-0.4, -0.2) is 203 Å². The van der Waals surface area contributed by atoms with Crippen LogP contribution in [0.15, 0.2) is 91.4 Å². The quantitative estimate of drug-likeness (QED) is 0.0236. The molecule has 15 atom stereocenters. The lowest BCUT2D eigenvalue weighted by molar-refractivity contribution is -0.157. The van der Waals surface area contributed by atoms with Gasteiger partial charge in [-0.25, -0.2) is 0 Å². The largest absolute Gasteiger partial charge is 0.489 e. The van der Waals surface area contributed by atoms with E-state index in [1.165, 1.54) is 33.4 Å². The third kappa shape index (κ3) is 26.9. The Balaban J connectivity index is 0.571. The molecule has 9 aliphatic rings. The zero-order valence-electron chi connectivity index (χ0n) is 93.9. The first-order chi connectivity index (χ1) is 70.6. The predicted octanol–water partition coefficient (Wildman–Crippen LogP) is 19.9. The van der Waals surface area contributed by atoms with E-state index in [9.17, 15) is 44.1 Å². The highest BCUT2D eigenvalue weighted by Crippen LogP contribution is 2.71. The molecular weight excluding hydrogens is 1900 g/mol. The van der Waals surface area contributed by atoms with Crippen molar-refractivity contribution in [2.24, 2.45) is 51.8 Å². The fraction of sp³-hybridized carbons (Fsp3) is 0.700. The van der Waals surface area contributed by atoms with E-state index in [-0.39, 0.29) is 74.3 Å². The Morgan fingerprint density at radius 1 is 0.320 bits per heavy atom. The highest BCUT2D eigenvalue weighted by atomic mass is 16.6. The zero-order chi connectivity index (χ0) is 108. The summed E-state index contributed by atoms with van der Waals surface area (Å²) in [6.07, 6.45) is 24.9. The van der Waals surface area contributed by atoms with E-state index in [1.807, 2.05) is 157 Å². The van der Waals surface area contributed by atoms with E-state index in [0.717, 1.165) is 130 Å². The molecule has 6 saturated carbocycles. The van der Waals surface area contributed by atoms with Gasteiger partial charge in [0.1, 0.15) is 105 Å². The minimum Gasteiger partial charge on any atom is -0.489 e. The number of fused-ring (bicyclic) bond motifs is 15. The summed E-state index contributed by atoms with van der Waals surface area (Å²) in [5, 5.41) is 67.1. The van der Waals surface area contributed by atoms with Gasteiger partial charge < -0.3 is 72.7 Å². The van der Waals surface area contributed by atoms with Gasteiger partial charge in [-0.1, -0.05) is 54.6 Å². The second-order valence-corrected chi connectivity index (χ2v) is 52.1. The van der Waals surface area contributed by atoms with Gasteiger partial charge in [-0.15, -0.1) is 15.3 Å². The van der Waals surface area contributed by atoms with Crippen molar-refractivity contribution in [2.75, 3.05) is 58.9 Å². The molecule has 3 heterocycles. The number of carbonyl (C=O) groups excluding carboxylic acids is 6. The second-order valence-electron chi connectivity index (χ2n) is 52.1. The lowest BCUT2D eigenvalue weighted by Gasteiger charge is -2.52. The number of aromatic nitrogens is 9. The number of ether oxygens (including phenoxy) is 9. The summed E-state index contributed by atoms with van der Waals surface area (Å²) in [5.41, 5.74) is 4.88. The van der Waals surface area contributed by atoms with Gasteiger partial charge in [0.2, 0.25) is 0 Å². The van der Waals surface area contributed by atoms with Gasteiger partial charge in [0, 0.05) is 75.1 Å². The van der Waals surface area contributed by atoms with Crippen LogP contribution in [0.3, 0.4) is 0 Å². The van der Waals surface area contributed by atoms with E-state index >= 15 is 0 Å². The molecule has 0 spiro atoms. The topological polar surface area (TPSA) is 348 Å². The van der Waals surface area contributed by atoms with Crippen molar-refractivity contribution in [1.29, 1.82) is 0 Å². The van der Waals surface area contributed by atoms with Crippen molar-refractivity contribution in [3.8, 4) is 17.2 Å². The maximum absolute atomic E-state index is 13.1. The number of nitrogens with zero attached hydrogens (tertiary/aromatic N) is 12. The Labute approximate surface area is 890 Å². The monoisotopic (exact) mass is 2070 g/mol. The third-order valence-electron chi connectivity index (χ3n) is 34.7. The lowest BCUT2D eigenvalue weighted by Crippen LogP contribution is -2.49. The summed E-state index contributed by atoms with van der Waals surface area (Å²) >= 11 is 0. The van der Waals surface area contributed by atoms with E-state index in [4.69, 9.17) is 57.9 Å². The van der Waals surface area contributed by atoms with Gasteiger partial charge in [0.25, 0.3) is 0 Å². The first-order valence-corrected chi connectivity index (χ1v) is 56.3. The van der Waals surface area contributed by atoms with Gasteiger partial charge in [-0.3, -0.25) is 42.8 Å². The summed E-state index contributed by atoms with van der Waals surface area (Å²) in [5.74, 6) is 3.94. The molecule has 9 aliphatic carbocycles. The van der Waals surface area contributed by atoms with Crippen molar-refractivity contribution in [3.05, 3.63) is 159 Å². The van der Waals surface area contributed by atoms with Gasteiger partial charge >= 0.3 is 35.8 Å². The van der Waals surface area contributed by atoms with Crippen LogP contribution in [0.5, 0.6) is 17.2 Å². The minimum atomic E-state index is -1.14. The van der Waals surface area contributed by atoms with Crippen LogP contribution in [-0.2, 0) is 133 Å². The molecule has 7 aromatic rings. The third-order valence-corrected chi connectivity index (χ3v) is 34.7. The highest BCUT2D eigenvalue weighted by Gasteiger charge is 2.67. The van der Waals surface area contributed by atoms with Gasteiger partial charge in [-0.05, 0) is 437 Å². The molecule has 0 amide bonds. The smallest absolute Gasteiger partial charge is 0.307 e. The fourth-order valence-corrected chi connectivity index (χ4v) is 27.9. The summed E-state index contributed by atoms with van der Waals surface area (Å²) in [6, 6.07) is 26.9. The first kappa shape index (κ1) is 113. The number of hydrogen-bond donors (Lipinski definition) is 3. The van der Waals surface area contributed by atoms with Gasteiger partial charge in [0.15, 0.2) is 0 Å². The molecule has 6 fully saturated rings. The van der Waals surface area contributed by atoms with Crippen LogP contribution in [0.2, 0.25) is 0 Å². The van der Waals surface area contributed by atoms with Crippen LogP contribution < -0.4 is 14.2 Å². The SMILES string of the molecule is CC(C)(C)OC(=O)CCN(CCCn1cc([C@]2(O)CC[C@H]3[C@@H]4CCc5cc(OCc6cc(COc7ccc8c(c7)CC[C@@H]7[C@@H]8CC[C@@]8(C)[C@H]7CC[C@@]8(O)c7cn(CCCN(CCC(=O)OC(C)(C)C)CCC(=O)OC(C)(C)C)nn7)cc(COc7ccc8c(c7)CC[C@@H]7[C@@H]8CC[C@@]8(C)[C@H]7CC[C@@]8(O)c7cn(CCCN(CCC(=O)OC(C)(C)C)CCC(=O)OC(C)(C)C)nn7)c6)ccc5[C@H]4CC[C@@]32C)nn1)CCC(=O)OC(C)(C)C. The molecule has 0 radical (unpaired) electrons. The molecule has 0 aliphatic heterocycles. The molecule has 822 valence electrons. The number of rotatable bonds is 42. The van der Waals surface area contributed by atoms with E-state index in [2.05, 4.69) is 124 Å². The van der Waals surface area contributed by atoms with Crippen molar-refractivity contribution in [1.82, 2.24) is 59.7 Å². The summed E-state index contributed by atoms with van der Waals surface area (Å²) < 4.78 is 60.0. The summed E-state index contributed by atoms with van der Waals surface area (Å²) in [4.78, 5) is 83.3. The van der Waals surface area contributed by atoms with Gasteiger partial charge in [-0.2, -0.15) is 0 Å². The molecule has 0 saturated heterocycles. The van der Waals surface area contributed by atoms with Crippen LogP contribution >= 0.6 is 0 Å². The van der Waals surface area contributed by atoms with Crippen molar-refractivity contribution < 1.29 is 86.7 Å². The average Bonchev–Trinajstić information content (AvgIpc) is 1.55. The zero-order valence-corrected chi connectivity index (χ0v) is 93.9. The first-order valence-electron chi connectivity index (χ1n) is 56.3. The predicted molar refractivity (Wildman–Crippen MR) is 570 cm³/mol. The number of carbonyl (C=O) groups is 6. The Kier molecular flexibility index (Phi) is 34.1. The van der Waals surface area contributed by atoms with Crippen LogP contribution in [0.25, 0.3) is 0 Å². The van der Waals surface area contributed by atoms with E-state index in [0.29, 0.717) is 207 Å². The highest BCUT2D eigenvalue weighted by molar-refractivity contribution is 5.73. The fourth-order valence-electron chi connectivity index (χ4n) is 27.9. The second kappa shape index (κ2) is 45.4. The maximum atomic E-state index is 13.1. The lowest BCUT2D eigenvalue weighted by atomic mass is 9.53. The van der Waals surface area contributed by atoms with E-state index < -0.39 is 66.7 Å². The Morgan fingerprint density at radius 3 is 0.780 bits per heavy atom. The number of aliphatic hydroxyl groups is 3. The van der Waals surface area contributed by atoms with Crippen molar-refractivity contribution in [3.63, 3.8) is 0 Å². The summed E-state index contributed by atoms with van der Waals surface area (Å²) in [7, 11) is 0. The average molecular weight is 2070 g/mol. The molecule has 16 rings (SSSR count). The van der Waals surface area contributed by atoms with Crippen molar-refractivity contribution in [2.45, 2.75) is 426 Å². The number of hydrogen-bond acceptors (Lipinski definition) is 27. The normalized spacial score (nSPS) is 26.5. The Bertz CT molecular complexity index is 5220. The Hall–Kier alpha value is -9.72. The molecule has 3 N–H and O–H groups in total. The maximum Gasteiger partial charge on any atom is 0.307 e. The van der Waals surface area contributed by atoms with E-state index in [1.54, 1.807) is 0 Å². The molecule has 30 heteroatoms. The van der Waals surface area contributed by atoms with Gasteiger partial charge in [0.05, 0.1) is 57.1 Å². The van der Waals surface area contributed by atoms with Crippen LogP contribution in [0, 0.1) is 51.8 Å². The number of esters is 6. The summed E-state index contributed by atoms with van der Waals surface area (Å²) in [6.45, 7) is 47.5. The number of benzene rings is 4. The molecule has 150 heavy (non-hydrogen) atoms. The molecular formula is C120H174N12O18. The van der Waals surface area contributed by atoms with Crippen LogP contribution in [0.4, 0.5) is 0 Å². The standard InChI is InChI=1S/C120H174N12O18/c1-109(2,3)145-103(133)43-61-127(62-44-104(134)146-110(4,5)6)55-22-58-130-73-100(121-124-130)118(139)52-40-97-94-31-25-82-70-85(28-34-88(82)91(94)37-49-115(97,118)19)142-76-79-67-80(77-143-86-29-35-89-83(71-86)26-32-95-92(89)38-50-116(20)98(95)41-53-119(116,140)101-74-131(125-122-101)59-23-56-128(63-45-105(135)147-111(7,8)9)64-46-106(136)148-112(10,11)12)69-81(68-79)78-144-87-30-36-90-84(72-87)27-33-96-93(90)39-51-117(21)99(96)42-54-120(117,141)102-75-132(126-123-102)60-24-57-129(65-47-107(137)149-113(13,14)15)66-48-108(138)150-114(16,17)18/h28-30,34-36,67-75,91-99,139-141H,22-27,31-33,37-66,76-78H2,1-21H3/t91-,92-,93-,94-,95-,96-,97+,98+,99+,115+,116+,117+,118-,119-,120-/m1/s1. The minimum absolute atomic E-state index is 0.199. The van der Waals surface area contributed by atoms with Crippen LogP contribution in [0.1, 0.15) is 384 Å². The Morgan fingerprint density at radius 2 is 0.553 bits per heavy atom. The number of aryl methyl sites for hydroxylation is 6. The molecule has 0 bridgehead atoms. The molecule has 30 nitrogen and oxygen atoms in total. The molecule has 4 aromatic carbocycles.